The van der Waals surface area contributed by atoms with Crippen molar-refractivity contribution in [2.75, 3.05) is 58.3 Å². The molecule has 3 heteroatoms. The van der Waals surface area contributed by atoms with Gasteiger partial charge < -0.3 is 4.90 Å². The molecular weight excluding hydrogens is 330 g/mol. The summed E-state index contributed by atoms with van der Waals surface area (Å²) in [4.78, 5) is 7.18. The van der Waals surface area contributed by atoms with E-state index in [0.29, 0.717) is 0 Å². The van der Waals surface area contributed by atoms with Crippen LogP contribution in [0.25, 0.3) is 12.2 Å². The third kappa shape index (κ3) is 6.38. The van der Waals surface area contributed by atoms with Crippen LogP contribution in [0.2, 0.25) is 0 Å². The Morgan fingerprint density at radius 3 is 1.67 bits per heavy atom. The Kier molecular flexibility index (Phi) is 7.26. The molecule has 0 saturated carbocycles. The Labute approximate surface area is 164 Å². The minimum atomic E-state index is 1.03. The first-order valence-corrected chi connectivity index (χ1v) is 9.81. The number of hydrogen-bond donors (Lipinski definition) is 0. The molecule has 3 rings (SSSR count). The van der Waals surface area contributed by atoms with Crippen LogP contribution in [0.1, 0.15) is 11.1 Å². The maximum Gasteiger partial charge on any atom is 0.0361 e. The largest absolute Gasteiger partial charge is 0.378 e. The van der Waals surface area contributed by atoms with Crippen molar-refractivity contribution in [3.63, 3.8) is 0 Å². The van der Waals surface area contributed by atoms with E-state index >= 15 is 0 Å². The van der Waals surface area contributed by atoms with Gasteiger partial charge in [-0.3, -0.25) is 9.80 Å². The zero-order valence-corrected chi connectivity index (χ0v) is 16.6. The molecule has 0 spiro atoms. The Hall–Kier alpha value is -2.36. The third-order valence-corrected chi connectivity index (χ3v) is 5.02. The first kappa shape index (κ1) is 19.4. The van der Waals surface area contributed by atoms with Crippen molar-refractivity contribution in [3.05, 3.63) is 77.9 Å². The summed E-state index contributed by atoms with van der Waals surface area (Å²) >= 11 is 0. The highest BCUT2D eigenvalue weighted by molar-refractivity contribution is 5.55. The lowest BCUT2D eigenvalue weighted by molar-refractivity contribution is 0.154. The fourth-order valence-electron chi connectivity index (χ4n) is 3.28. The van der Waals surface area contributed by atoms with Gasteiger partial charge >= 0.3 is 0 Å². The molecule has 27 heavy (non-hydrogen) atoms. The van der Waals surface area contributed by atoms with Gasteiger partial charge in [0.15, 0.2) is 0 Å². The number of benzene rings is 2. The van der Waals surface area contributed by atoms with E-state index in [1.54, 1.807) is 0 Å². The van der Waals surface area contributed by atoms with Gasteiger partial charge in [0.1, 0.15) is 0 Å². The van der Waals surface area contributed by atoms with Crippen molar-refractivity contribution in [2.24, 2.45) is 0 Å². The maximum atomic E-state index is 2.53. The first-order chi connectivity index (χ1) is 13.2. The molecule has 0 aromatic heterocycles. The molecule has 0 N–H and O–H groups in total. The average molecular weight is 362 g/mol. The van der Waals surface area contributed by atoms with E-state index in [1.165, 1.54) is 16.8 Å². The molecule has 142 valence electrons. The molecule has 0 unspecified atom stereocenters. The number of rotatable bonds is 7. The molecule has 1 aliphatic rings. The van der Waals surface area contributed by atoms with E-state index in [-0.39, 0.29) is 0 Å². The van der Waals surface area contributed by atoms with E-state index in [1.807, 2.05) is 0 Å². The van der Waals surface area contributed by atoms with E-state index in [9.17, 15) is 0 Å². The smallest absolute Gasteiger partial charge is 0.0361 e. The normalized spacial score (nSPS) is 16.4. The summed E-state index contributed by atoms with van der Waals surface area (Å²) in [6.45, 7) is 6.64. The molecule has 0 amide bonds. The van der Waals surface area contributed by atoms with Crippen molar-refractivity contribution >= 4 is 17.8 Å². The summed E-state index contributed by atoms with van der Waals surface area (Å²) in [7, 11) is 4.14. The third-order valence-electron chi connectivity index (χ3n) is 5.02. The van der Waals surface area contributed by atoms with Gasteiger partial charge in [-0.1, -0.05) is 66.8 Å². The van der Waals surface area contributed by atoms with Crippen LogP contribution >= 0.6 is 0 Å². The Bertz CT molecular complexity index is 724. The Balaban J connectivity index is 1.37. The molecule has 1 saturated heterocycles. The van der Waals surface area contributed by atoms with Gasteiger partial charge in [0, 0.05) is 59.1 Å². The standard InChI is InChI=1S/C24H31N3/c1-25(2)24-14-12-23(13-15-24)11-7-17-27-20-18-26(19-21-27)16-6-10-22-8-4-3-5-9-22/h3-15H,16-21H2,1-2H3/b10-6-,11-7+. The second-order valence-electron chi connectivity index (χ2n) is 7.30. The second kappa shape index (κ2) is 10.1. The quantitative estimate of drug-likeness (QED) is 0.735. The van der Waals surface area contributed by atoms with Crippen LogP contribution in [0.5, 0.6) is 0 Å². The summed E-state index contributed by atoms with van der Waals surface area (Å²) in [5, 5.41) is 0. The highest BCUT2D eigenvalue weighted by Crippen LogP contribution is 2.13. The zero-order chi connectivity index (χ0) is 18.9. The molecule has 1 fully saturated rings. The maximum absolute atomic E-state index is 2.53. The molecule has 2 aromatic carbocycles. The lowest BCUT2D eigenvalue weighted by Gasteiger charge is -2.33. The first-order valence-electron chi connectivity index (χ1n) is 9.81. The van der Waals surface area contributed by atoms with Crippen molar-refractivity contribution in [1.29, 1.82) is 0 Å². The molecule has 0 aliphatic carbocycles. The van der Waals surface area contributed by atoms with Gasteiger partial charge in [-0.05, 0) is 23.3 Å². The van der Waals surface area contributed by atoms with Gasteiger partial charge in [0.2, 0.25) is 0 Å². The summed E-state index contributed by atoms with van der Waals surface area (Å²) in [5.41, 5.74) is 3.79. The minimum absolute atomic E-state index is 1.03. The summed E-state index contributed by atoms with van der Waals surface area (Å²) in [6, 6.07) is 19.2. The fourth-order valence-corrected chi connectivity index (χ4v) is 3.28. The van der Waals surface area contributed by atoms with Crippen LogP contribution in [0.4, 0.5) is 5.69 Å². The second-order valence-corrected chi connectivity index (χ2v) is 7.30. The summed E-state index contributed by atoms with van der Waals surface area (Å²) in [5.74, 6) is 0. The van der Waals surface area contributed by atoms with Crippen LogP contribution in [-0.4, -0.2) is 63.2 Å². The Morgan fingerprint density at radius 2 is 1.19 bits per heavy atom. The van der Waals surface area contributed by atoms with Gasteiger partial charge in [0.05, 0.1) is 0 Å². The molecule has 1 heterocycles. The lowest BCUT2D eigenvalue weighted by atomic mass is 10.2. The Morgan fingerprint density at radius 1 is 0.704 bits per heavy atom. The molecule has 1 aliphatic heterocycles. The summed E-state index contributed by atoms with van der Waals surface area (Å²) < 4.78 is 0. The van der Waals surface area contributed by atoms with Gasteiger partial charge in [0.25, 0.3) is 0 Å². The SMILES string of the molecule is CN(C)c1ccc(/C=C/CN2CCN(C/C=C\c3ccccc3)CC2)cc1. The lowest BCUT2D eigenvalue weighted by Crippen LogP contribution is -2.46. The van der Waals surface area contributed by atoms with Crippen LogP contribution in [-0.2, 0) is 0 Å². The molecule has 0 radical (unpaired) electrons. The number of piperazine rings is 1. The number of hydrogen-bond acceptors (Lipinski definition) is 3. The van der Waals surface area contributed by atoms with Crippen LogP contribution < -0.4 is 4.90 Å². The summed E-state index contributed by atoms with van der Waals surface area (Å²) in [6.07, 6.45) is 9.02. The molecule has 0 bridgehead atoms. The topological polar surface area (TPSA) is 9.72 Å². The van der Waals surface area contributed by atoms with Crippen LogP contribution in [0.15, 0.2) is 66.7 Å². The molecule has 2 aromatic rings. The van der Waals surface area contributed by atoms with E-state index in [0.717, 1.165) is 39.3 Å². The predicted molar refractivity (Wildman–Crippen MR) is 118 cm³/mol. The average Bonchev–Trinajstić information content (AvgIpc) is 2.70. The monoisotopic (exact) mass is 361 g/mol. The molecule has 0 atom stereocenters. The fraction of sp³-hybridized carbons (Fsp3) is 0.333. The van der Waals surface area contributed by atoms with E-state index in [4.69, 9.17) is 0 Å². The van der Waals surface area contributed by atoms with Crippen LogP contribution in [0, 0.1) is 0 Å². The van der Waals surface area contributed by atoms with E-state index in [2.05, 4.69) is 108 Å². The van der Waals surface area contributed by atoms with Gasteiger partial charge in [-0.2, -0.15) is 0 Å². The molecular formula is C24H31N3. The van der Waals surface area contributed by atoms with E-state index < -0.39 is 0 Å². The van der Waals surface area contributed by atoms with Crippen LogP contribution in [0.3, 0.4) is 0 Å². The number of nitrogens with zero attached hydrogens (tertiary/aromatic N) is 3. The van der Waals surface area contributed by atoms with Crippen molar-refractivity contribution in [3.8, 4) is 0 Å². The van der Waals surface area contributed by atoms with Gasteiger partial charge in [-0.25, -0.2) is 0 Å². The van der Waals surface area contributed by atoms with Gasteiger partial charge in [-0.15, -0.1) is 0 Å². The van der Waals surface area contributed by atoms with Crippen molar-refractivity contribution in [2.45, 2.75) is 0 Å². The zero-order valence-electron chi connectivity index (χ0n) is 16.6. The number of anilines is 1. The minimum Gasteiger partial charge on any atom is -0.378 e. The predicted octanol–water partition coefficient (Wildman–Crippen LogP) is 4.10. The highest BCUT2D eigenvalue weighted by Gasteiger charge is 2.14. The highest BCUT2D eigenvalue weighted by atomic mass is 15.3. The van der Waals surface area contributed by atoms with Crippen molar-refractivity contribution < 1.29 is 0 Å². The van der Waals surface area contributed by atoms with Crippen molar-refractivity contribution in [1.82, 2.24) is 9.80 Å². The molecule has 3 nitrogen and oxygen atoms in total.